The summed E-state index contributed by atoms with van der Waals surface area (Å²) in [5.74, 6) is -2.39. The number of carbonyl (C=O) groups is 2. The van der Waals surface area contributed by atoms with Crippen molar-refractivity contribution in [3.8, 4) is 0 Å². The number of Topliss-reactive ketones (excluding diaryl/α,β-unsaturated/α-hetero) is 1. The number of hydrogen-bond acceptors (Lipinski definition) is 3. The first-order valence-electron chi connectivity index (χ1n) is 3.15. The van der Waals surface area contributed by atoms with E-state index in [-0.39, 0.29) is 5.57 Å². The molecule has 0 aliphatic carbocycles. The molecule has 1 N–H and O–H groups in total. The molecule has 0 bridgehead atoms. The predicted molar refractivity (Wildman–Crippen MR) is 38.0 cm³/mol. The summed E-state index contributed by atoms with van der Waals surface area (Å²) in [6.07, 6.45) is 1.15. The van der Waals surface area contributed by atoms with Crippen LogP contribution in [0.5, 0.6) is 0 Å². The third-order valence-electron chi connectivity index (χ3n) is 0.979. The Kier molecular flexibility index (Phi) is 3.95. The molecule has 0 amide bonds. The van der Waals surface area contributed by atoms with Gasteiger partial charge >= 0.3 is 5.97 Å². The van der Waals surface area contributed by atoms with Gasteiger partial charge in [-0.3, -0.25) is 4.79 Å². The Morgan fingerprint density at radius 3 is 2.45 bits per heavy atom. The van der Waals surface area contributed by atoms with Crippen LogP contribution in [0.25, 0.3) is 0 Å². The lowest BCUT2D eigenvalue weighted by Gasteiger charge is -1.95. The SMILES string of the molecule is CCOC=C(C)C(=O)C(=O)O. The summed E-state index contributed by atoms with van der Waals surface area (Å²) in [5.41, 5.74) is 0.0966. The van der Waals surface area contributed by atoms with Crippen LogP contribution in [0.1, 0.15) is 13.8 Å². The maximum atomic E-state index is 10.6. The normalized spacial score (nSPS) is 10.9. The second kappa shape index (κ2) is 4.49. The van der Waals surface area contributed by atoms with Crippen molar-refractivity contribution in [2.24, 2.45) is 0 Å². The zero-order valence-electron chi connectivity index (χ0n) is 6.46. The Bertz CT molecular complexity index is 193. The molecule has 0 aromatic heterocycles. The van der Waals surface area contributed by atoms with E-state index in [4.69, 9.17) is 9.84 Å². The predicted octanol–water partition coefficient (Wildman–Crippen LogP) is 0.580. The van der Waals surface area contributed by atoms with Gasteiger partial charge in [0.05, 0.1) is 12.9 Å². The Morgan fingerprint density at radius 2 is 2.09 bits per heavy atom. The average molecular weight is 158 g/mol. The number of rotatable bonds is 4. The maximum absolute atomic E-state index is 10.6. The van der Waals surface area contributed by atoms with E-state index in [1.165, 1.54) is 6.92 Å². The molecule has 0 aromatic rings. The molecule has 62 valence electrons. The molecule has 0 unspecified atom stereocenters. The Hall–Kier alpha value is -1.32. The molecule has 0 aliphatic rings. The van der Waals surface area contributed by atoms with Crippen LogP contribution in [0.15, 0.2) is 11.8 Å². The molecule has 0 heterocycles. The van der Waals surface area contributed by atoms with E-state index in [0.29, 0.717) is 6.61 Å². The van der Waals surface area contributed by atoms with Gasteiger partial charge in [-0.15, -0.1) is 0 Å². The minimum Gasteiger partial charge on any atom is -0.501 e. The van der Waals surface area contributed by atoms with Gasteiger partial charge in [0.2, 0.25) is 0 Å². The topological polar surface area (TPSA) is 63.6 Å². The fourth-order valence-electron chi connectivity index (χ4n) is 0.431. The standard InChI is InChI=1S/C7H10O4/c1-3-11-4-5(2)6(8)7(9)10/h4H,3H2,1-2H3,(H,9,10). The molecule has 0 radical (unpaired) electrons. The monoisotopic (exact) mass is 158 g/mol. The molecular weight excluding hydrogens is 148 g/mol. The number of ether oxygens (including phenoxy) is 1. The lowest BCUT2D eigenvalue weighted by Crippen LogP contribution is -2.13. The fourth-order valence-corrected chi connectivity index (χ4v) is 0.431. The molecule has 0 spiro atoms. The minimum atomic E-state index is -1.46. The second-order valence-corrected chi connectivity index (χ2v) is 1.89. The highest BCUT2D eigenvalue weighted by molar-refractivity contribution is 6.39. The molecular formula is C7H10O4. The van der Waals surface area contributed by atoms with E-state index < -0.39 is 11.8 Å². The summed E-state index contributed by atoms with van der Waals surface area (Å²) < 4.78 is 4.72. The van der Waals surface area contributed by atoms with E-state index in [0.717, 1.165) is 6.26 Å². The van der Waals surface area contributed by atoms with Gasteiger partial charge < -0.3 is 9.84 Å². The Morgan fingerprint density at radius 1 is 1.55 bits per heavy atom. The van der Waals surface area contributed by atoms with Gasteiger partial charge in [0.1, 0.15) is 0 Å². The number of carboxylic acids is 1. The first-order chi connectivity index (χ1) is 5.09. The summed E-state index contributed by atoms with van der Waals surface area (Å²) in [7, 11) is 0. The van der Waals surface area contributed by atoms with Crippen LogP contribution in [0.2, 0.25) is 0 Å². The summed E-state index contributed by atoms with van der Waals surface area (Å²) in [5, 5.41) is 8.21. The first-order valence-corrected chi connectivity index (χ1v) is 3.15. The summed E-state index contributed by atoms with van der Waals surface area (Å²) in [4.78, 5) is 20.7. The first kappa shape index (κ1) is 9.68. The van der Waals surface area contributed by atoms with E-state index in [1.54, 1.807) is 6.92 Å². The smallest absolute Gasteiger partial charge is 0.376 e. The van der Waals surface area contributed by atoms with Crippen molar-refractivity contribution in [3.05, 3.63) is 11.8 Å². The lowest BCUT2D eigenvalue weighted by atomic mass is 10.2. The second-order valence-electron chi connectivity index (χ2n) is 1.89. The zero-order valence-corrected chi connectivity index (χ0v) is 6.46. The molecule has 11 heavy (non-hydrogen) atoms. The van der Waals surface area contributed by atoms with Gasteiger partial charge in [0.15, 0.2) is 0 Å². The van der Waals surface area contributed by atoms with Gasteiger partial charge in [-0.2, -0.15) is 0 Å². The average Bonchev–Trinajstić information content (AvgIpc) is 1.98. The van der Waals surface area contributed by atoms with Crippen LogP contribution in [0.3, 0.4) is 0 Å². The third kappa shape index (κ3) is 3.40. The lowest BCUT2D eigenvalue weighted by molar-refractivity contribution is -0.147. The third-order valence-corrected chi connectivity index (χ3v) is 0.979. The molecule has 0 saturated heterocycles. The molecule has 4 heteroatoms. The molecule has 0 rings (SSSR count). The van der Waals surface area contributed by atoms with Crippen molar-refractivity contribution in [1.82, 2.24) is 0 Å². The van der Waals surface area contributed by atoms with Crippen molar-refractivity contribution in [2.75, 3.05) is 6.61 Å². The molecule has 0 aromatic carbocycles. The summed E-state index contributed by atoms with van der Waals surface area (Å²) in [6, 6.07) is 0. The van der Waals surface area contributed by atoms with Crippen molar-refractivity contribution in [3.63, 3.8) is 0 Å². The molecule has 0 saturated carbocycles. The quantitative estimate of drug-likeness (QED) is 0.369. The summed E-state index contributed by atoms with van der Waals surface area (Å²) >= 11 is 0. The molecule has 4 nitrogen and oxygen atoms in total. The van der Waals surface area contributed by atoms with Crippen LogP contribution in [-0.4, -0.2) is 23.5 Å². The van der Waals surface area contributed by atoms with Crippen molar-refractivity contribution in [2.45, 2.75) is 13.8 Å². The van der Waals surface area contributed by atoms with Crippen molar-refractivity contribution >= 4 is 11.8 Å². The highest BCUT2D eigenvalue weighted by Gasteiger charge is 2.13. The highest BCUT2D eigenvalue weighted by atomic mass is 16.5. The van der Waals surface area contributed by atoms with Gasteiger partial charge in [0, 0.05) is 5.57 Å². The zero-order chi connectivity index (χ0) is 8.85. The van der Waals surface area contributed by atoms with E-state index >= 15 is 0 Å². The van der Waals surface area contributed by atoms with Crippen molar-refractivity contribution < 1.29 is 19.4 Å². The number of carbonyl (C=O) groups excluding carboxylic acids is 1. The van der Waals surface area contributed by atoms with Gasteiger partial charge in [-0.25, -0.2) is 4.79 Å². The number of aliphatic carboxylic acids is 1. The largest absolute Gasteiger partial charge is 0.501 e. The van der Waals surface area contributed by atoms with Gasteiger partial charge in [-0.1, -0.05) is 0 Å². The highest BCUT2D eigenvalue weighted by Crippen LogP contribution is 1.94. The van der Waals surface area contributed by atoms with Gasteiger partial charge in [0.25, 0.3) is 5.78 Å². The van der Waals surface area contributed by atoms with Gasteiger partial charge in [-0.05, 0) is 13.8 Å². The number of carboxylic acid groups (broad SMARTS) is 1. The van der Waals surface area contributed by atoms with E-state index in [1.807, 2.05) is 0 Å². The van der Waals surface area contributed by atoms with Crippen LogP contribution in [0, 0.1) is 0 Å². The van der Waals surface area contributed by atoms with E-state index in [2.05, 4.69) is 0 Å². The summed E-state index contributed by atoms with van der Waals surface area (Å²) in [6.45, 7) is 3.56. The molecule has 0 aliphatic heterocycles. The number of ketones is 1. The molecule has 0 atom stereocenters. The number of hydrogen-bond donors (Lipinski definition) is 1. The van der Waals surface area contributed by atoms with Crippen LogP contribution in [-0.2, 0) is 14.3 Å². The Labute approximate surface area is 64.5 Å². The molecule has 0 fully saturated rings. The Balaban J connectivity index is 4.12. The van der Waals surface area contributed by atoms with Crippen LogP contribution < -0.4 is 0 Å². The fraction of sp³-hybridized carbons (Fsp3) is 0.429. The van der Waals surface area contributed by atoms with Crippen LogP contribution in [0.4, 0.5) is 0 Å². The van der Waals surface area contributed by atoms with Crippen molar-refractivity contribution in [1.29, 1.82) is 0 Å². The maximum Gasteiger partial charge on any atom is 0.376 e. The van der Waals surface area contributed by atoms with Crippen LogP contribution >= 0.6 is 0 Å². The minimum absolute atomic E-state index is 0.0966. The van der Waals surface area contributed by atoms with E-state index in [9.17, 15) is 9.59 Å².